The Morgan fingerprint density at radius 2 is 1.88 bits per heavy atom. The number of rotatable bonds is 5. The largest absolute Gasteiger partial charge is 0.497 e. The van der Waals surface area contributed by atoms with E-state index in [1.807, 2.05) is 0 Å². The Morgan fingerprint density at radius 3 is 2.62 bits per heavy atom. The third-order valence-electron chi connectivity index (χ3n) is 3.57. The number of methoxy groups -OCH3 is 1. The molecular weight excluding hydrogens is 373 g/mol. The fraction of sp³-hybridized carbons (Fsp3) is 0.0526. The summed E-state index contributed by atoms with van der Waals surface area (Å²) in [6.07, 6.45) is 1.48. The van der Waals surface area contributed by atoms with E-state index >= 15 is 0 Å². The molecular formula is C19H15Cl2N3O2. The van der Waals surface area contributed by atoms with Crippen molar-refractivity contribution in [3.63, 3.8) is 0 Å². The number of nitrogens with zero attached hydrogens (tertiary/aromatic N) is 1. The Hall–Kier alpha value is -2.76. The van der Waals surface area contributed by atoms with Gasteiger partial charge in [-0.2, -0.15) is 0 Å². The molecule has 2 N–H and O–H groups in total. The van der Waals surface area contributed by atoms with Gasteiger partial charge in [-0.05, 0) is 36.4 Å². The van der Waals surface area contributed by atoms with Crippen molar-refractivity contribution in [2.24, 2.45) is 0 Å². The summed E-state index contributed by atoms with van der Waals surface area (Å²) in [4.78, 5) is 16.6. The monoisotopic (exact) mass is 387 g/mol. The van der Waals surface area contributed by atoms with E-state index in [1.54, 1.807) is 61.7 Å². The predicted octanol–water partition coefficient (Wildman–Crippen LogP) is 5.39. The van der Waals surface area contributed by atoms with Gasteiger partial charge in [-0.15, -0.1) is 0 Å². The maximum Gasteiger partial charge on any atom is 0.257 e. The van der Waals surface area contributed by atoms with Crippen molar-refractivity contribution < 1.29 is 9.53 Å². The van der Waals surface area contributed by atoms with Gasteiger partial charge in [0.25, 0.3) is 5.91 Å². The van der Waals surface area contributed by atoms with Gasteiger partial charge in [0, 0.05) is 18.0 Å². The summed E-state index contributed by atoms with van der Waals surface area (Å²) in [5.41, 5.74) is 1.71. The maximum atomic E-state index is 12.3. The van der Waals surface area contributed by atoms with Crippen LogP contribution in [0.25, 0.3) is 0 Å². The fourth-order valence-electron chi connectivity index (χ4n) is 2.24. The Morgan fingerprint density at radius 1 is 1.08 bits per heavy atom. The SMILES string of the molecule is COc1cccc(NC(=O)c2ccc(Nc3cccc(Cl)c3Cl)nc2)c1. The summed E-state index contributed by atoms with van der Waals surface area (Å²) in [7, 11) is 1.57. The third kappa shape index (κ3) is 4.25. The molecule has 26 heavy (non-hydrogen) atoms. The first kappa shape index (κ1) is 18.0. The van der Waals surface area contributed by atoms with Gasteiger partial charge in [0.2, 0.25) is 0 Å². The third-order valence-corrected chi connectivity index (χ3v) is 4.39. The van der Waals surface area contributed by atoms with Gasteiger partial charge in [-0.3, -0.25) is 4.79 Å². The number of carbonyl (C=O) groups excluding carboxylic acids is 1. The Kier molecular flexibility index (Phi) is 5.61. The number of halogens is 2. The standard InChI is InChI=1S/C19H15Cl2N3O2/c1-26-14-5-2-4-13(10-14)23-19(25)12-8-9-17(22-11-12)24-16-7-3-6-15(20)18(16)21/h2-11H,1H3,(H,22,24)(H,23,25). The topological polar surface area (TPSA) is 63.2 Å². The zero-order valence-corrected chi connectivity index (χ0v) is 15.3. The molecule has 0 aliphatic carbocycles. The lowest BCUT2D eigenvalue weighted by molar-refractivity contribution is 0.102. The van der Waals surface area contributed by atoms with Crippen LogP contribution in [0.4, 0.5) is 17.2 Å². The number of nitrogens with one attached hydrogen (secondary N) is 2. The van der Waals surface area contributed by atoms with E-state index in [4.69, 9.17) is 27.9 Å². The minimum atomic E-state index is -0.266. The second kappa shape index (κ2) is 8.08. The molecule has 0 unspecified atom stereocenters. The zero-order valence-electron chi connectivity index (χ0n) is 13.8. The van der Waals surface area contributed by atoms with E-state index in [2.05, 4.69) is 15.6 Å². The van der Waals surface area contributed by atoms with Crippen molar-refractivity contribution in [1.82, 2.24) is 4.98 Å². The molecule has 7 heteroatoms. The molecule has 132 valence electrons. The van der Waals surface area contributed by atoms with Crippen LogP contribution in [0.2, 0.25) is 10.0 Å². The Labute approximate surface area is 160 Å². The van der Waals surface area contributed by atoms with E-state index in [9.17, 15) is 4.79 Å². The first-order valence-corrected chi connectivity index (χ1v) is 8.45. The second-order valence-electron chi connectivity index (χ2n) is 5.34. The maximum absolute atomic E-state index is 12.3. The number of carbonyl (C=O) groups is 1. The summed E-state index contributed by atoms with van der Waals surface area (Å²) >= 11 is 12.1. The average Bonchev–Trinajstić information content (AvgIpc) is 2.66. The summed E-state index contributed by atoms with van der Waals surface area (Å²) in [6, 6.07) is 15.8. The number of benzene rings is 2. The van der Waals surface area contributed by atoms with Crippen LogP contribution in [0.5, 0.6) is 5.75 Å². The lowest BCUT2D eigenvalue weighted by Crippen LogP contribution is -2.12. The van der Waals surface area contributed by atoms with Crippen molar-refractivity contribution in [2.75, 3.05) is 17.7 Å². The Balaban J connectivity index is 1.70. The van der Waals surface area contributed by atoms with Gasteiger partial charge in [0.15, 0.2) is 0 Å². The highest BCUT2D eigenvalue weighted by molar-refractivity contribution is 6.43. The first-order chi connectivity index (χ1) is 12.6. The van der Waals surface area contributed by atoms with Crippen LogP contribution in [0.15, 0.2) is 60.8 Å². The van der Waals surface area contributed by atoms with Crippen molar-refractivity contribution in [3.8, 4) is 5.75 Å². The molecule has 0 bridgehead atoms. The van der Waals surface area contributed by atoms with Crippen LogP contribution < -0.4 is 15.4 Å². The molecule has 5 nitrogen and oxygen atoms in total. The smallest absolute Gasteiger partial charge is 0.257 e. The molecule has 0 radical (unpaired) electrons. The fourth-order valence-corrected chi connectivity index (χ4v) is 2.59. The number of amides is 1. The number of pyridine rings is 1. The molecule has 1 aromatic heterocycles. The van der Waals surface area contributed by atoms with Gasteiger partial charge in [0.1, 0.15) is 11.6 Å². The molecule has 0 atom stereocenters. The molecule has 1 heterocycles. The van der Waals surface area contributed by atoms with E-state index < -0.39 is 0 Å². The number of anilines is 3. The minimum Gasteiger partial charge on any atom is -0.497 e. The van der Waals surface area contributed by atoms with Crippen molar-refractivity contribution >= 4 is 46.3 Å². The summed E-state index contributed by atoms with van der Waals surface area (Å²) in [5.74, 6) is 0.948. The molecule has 1 amide bonds. The van der Waals surface area contributed by atoms with Gasteiger partial charge < -0.3 is 15.4 Å². The predicted molar refractivity (Wildman–Crippen MR) is 105 cm³/mol. The summed E-state index contributed by atoms with van der Waals surface area (Å²) < 4.78 is 5.14. The van der Waals surface area contributed by atoms with Gasteiger partial charge in [0.05, 0.1) is 28.4 Å². The first-order valence-electron chi connectivity index (χ1n) is 7.69. The Bertz CT molecular complexity index is 930. The summed E-state index contributed by atoms with van der Waals surface area (Å²) in [6.45, 7) is 0. The van der Waals surface area contributed by atoms with Crippen LogP contribution in [0.1, 0.15) is 10.4 Å². The quantitative estimate of drug-likeness (QED) is 0.615. The second-order valence-corrected chi connectivity index (χ2v) is 6.13. The van der Waals surface area contributed by atoms with E-state index in [0.717, 1.165) is 0 Å². The van der Waals surface area contributed by atoms with Crippen molar-refractivity contribution in [2.45, 2.75) is 0 Å². The van der Waals surface area contributed by atoms with Crippen LogP contribution in [0, 0.1) is 0 Å². The minimum absolute atomic E-state index is 0.266. The van der Waals surface area contributed by atoms with Crippen LogP contribution >= 0.6 is 23.2 Å². The molecule has 0 spiro atoms. The molecule has 2 aromatic carbocycles. The molecule has 3 rings (SSSR count). The highest BCUT2D eigenvalue weighted by Gasteiger charge is 2.09. The van der Waals surface area contributed by atoms with E-state index in [-0.39, 0.29) is 5.91 Å². The van der Waals surface area contributed by atoms with Gasteiger partial charge in [-0.25, -0.2) is 4.98 Å². The average molecular weight is 388 g/mol. The lowest BCUT2D eigenvalue weighted by Gasteiger charge is -2.10. The molecule has 0 aliphatic heterocycles. The summed E-state index contributed by atoms with van der Waals surface area (Å²) in [5, 5.41) is 6.73. The van der Waals surface area contributed by atoms with E-state index in [0.29, 0.717) is 38.6 Å². The normalized spacial score (nSPS) is 10.3. The molecule has 0 aliphatic rings. The molecule has 3 aromatic rings. The van der Waals surface area contributed by atoms with Crippen LogP contribution in [0.3, 0.4) is 0 Å². The number of ether oxygens (including phenoxy) is 1. The van der Waals surface area contributed by atoms with Crippen molar-refractivity contribution in [3.05, 3.63) is 76.4 Å². The lowest BCUT2D eigenvalue weighted by atomic mass is 10.2. The zero-order chi connectivity index (χ0) is 18.5. The van der Waals surface area contributed by atoms with E-state index in [1.165, 1.54) is 6.20 Å². The van der Waals surface area contributed by atoms with Crippen molar-refractivity contribution in [1.29, 1.82) is 0 Å². The molecule has 0 saturated heterocycles. The number of aromatic nitrogens is 1. The molecule has 0 saturated carbocycles. The molecule has 0 fully saturated rings. The highest BCUT2D eigenvalue weighted by Crippen LogP contribution is 2.31. The van der Waals surface area contributed by atoms with Gasteiger partial charge in [-0.1, -0.05) is 35.3 Å². The number of hydrogen-bond acceptors (Lipinski definition) is 4. The van der Waals surface area contributed by atoms with Crippen LogP contribution in [-0.2, 0) is 0 Å². The highest BCUT2D eigenvalue weighted by atomic mass is 35.5. The number of hydrogen-bond donors (Lipinski definition) is 2. The van der Waals surface area contributed by atoms with Gasteiger partial charge >= 0.3 is 0 Å². The van der Waals surface area contributed by atoms with Crippen LogP contribution in [-0.4, -0.2) is 18.0 Å².